The molecule has 1 aliphatic carbocycles. The Balaban J connectivity index is 0.00000341. The highest BCUT2D eigenvalue weighted by Gasteiger charge is 2.38. The third kappa shape index (κ3) is 6.28. The van der Waals surface area contributed by atoms with Gasteiger partial charge in [-0.2, -0.15) is 26.3 Å². The molecular weight excluding hydrogens is 446 g/mol. The Bertz CT molecular complexity index is 729. The van der Waals surface area contributed by atoms with Crippen LogP contribution in [0.2, 0.25) is 0 Å². The number of likely N-dealkylation sites (N-methyl/N-ethyl adjacent to an activating group) is 1. The quantitative estimate of drug-likeness (QED) is 0.536. The van der Waals surface area contributed by atoms with E-state index in [0.717, 1.165) is 51.6 Å². The van der Waals surface area contributed by atoms with Crippen LogP contribution >= 0.6 is 12.4 Å². The summed E-state index contributed by atoms with van der Waals surface area (Å²) in [5.74, 6) is -0.460. The Labute approximate surface area is 184 Å². The van der Waals surface area contributed by atoms with Crippen molar-refractivity contribution in [3.8, 4) is 0 Å². The molecule has 10 heteroatoms. The first-order chi connectivity index (χ1) is 14.0. The van der Waals surface area contributed by atoms with Crippen molar-refractivity contribution in [3.05, 3.63) is 34.9 Å². The van der Waals surface area contributed by atoms with Crippen LogP contribution in [0.25, 0.3) is 0 Å². The molecule has 2 atom stereocenters. The number of rotatable bonds is 4. The lowest BCUT2D eigenvalue weighted by Crippen LogP contribution is -2.53. The highest BCUT2D eigenvalue weighted by molar-refractivity contribution is 5.85. The molecule has 0 radical (unpaired) electrons. The van der Waals surface area contributed by atoms with E-state index in [1.807, 2.05) is 0 Å². The monoisotopic (exact) mass is 472 g/mol. The van der Waals surface area contributed by atoms with Crippen LogP contribution in [0.3, 0.4) is 0 Å². The summed E-state index contributed by atoms with van der Waals surface area (Å²) in [6.45, 7) is 1.93. The predicted octanol–water partition coefficient (Wildman–Crippen LogP) is 5.55. The van der Waals surface area contributed by atoms with Gasteiger partial charge in [0.15, 0.2) is 0 Å². The van der Waals surface area contributed by atoms with Crippen LogP contribution in [0.1, 0.15) is 55.2 Å². The van der Waals surface area contributed by atoms with Gasteiger partial charge in [-0.15, -0.1) is 12.4 Å². The number of hydrogen-bond donors (Lipinski definition) is 0. The highest BCUT2D eigenvalue weighted by atomic mass is 35.5. The van der Waals surface area contributed by atoms with Gasteiger partial charge >= 0.3 is 12.4 Å². The van der Waals surface area contributed by atoms with Crippen LogP contribution < -0.4 is 0 Å². The second kappa shape index (κ2) is 9.98. The molecule has 3 rings (SSSR count). The zero-order chi connectivity index (χ0) is 22.1. The van der Waals surface area contributed by atoms with Crippen molar-refractivity contribution in [3.63, 3.8) is 0 Å². The maximum Gasteiger partial charge on any atom is 0.416 e. The minimum Gasteiger partial charge on any atom is -0.341 e. The van der Waals surface area contributed by atoms with Crippen molar-refractivity contribution in [1.82, 2.24) is 9.80 Å². The Morgan fingerprint density at radius 2 is 1.45 bits per heavy atom. The second-order valence-electron chi connectivity index (χ2n) is 8.26. The molecule has 1 amide bonds. The largest absolute Gasteiger partial charge is 0.416 e. The van der Waals surface area contributed by atoms with Crippen LogP contribution in [-0.4, -0.2) is 47.9 Å². The molecule has 2 aliphatic rings. The van der Waals surface area contributed by atoms with E-state index in [9.17, 15) is 31.1 Å². The summed E-state index contributed by atoms with van der Waals surface area (Å²) in [6.07, 6.45) is -4.38. The summed E-state index contributed by atoms with van der Waals surface area (Å²) in [5, 5.41) is 0. The van der Waals surface area contributed by atoms with E-state index in [0.29, 0.717) is 12.1 Å². The van der Waals surface area contributed by atoms with Gasteiger partial charge in [-0.25, -0.2) is 0 Å². The lowest BCUT2D eigenvalue weighted by Gasteiger charge is -2.42. The fraction of sp³-hybridized carbons (Fsp3) is 0.667. The fourth-order valence-electron chi connectivity index (χ4n) is 4.65. The molecule has 1 aromatic carbocycles. The van der Waals surface area contributed by atoms with Gasteiger partial charge in [-0.3, -0.25) is 9.69 Å². The molecule has 2 unspecified atom stereocenters. The molecule has 0 bridgehead atoms. The standard InChI is InChI=1S/C21H26F6N2O.ClH/c1-28(17-6-2-3-7-18(17)29-8-4-5-9-29)19(30)12-14-10-15(20(22,23)24)13-16(11-14)21(25,26)27;/h10-11,13,17-18H,2-9,12H2,1H3;1H. The van der Waals surface area contributed by atoms with E-state index >= 15 is 0 Å². The van der Waals surface area contributed by atoms with Gasteiger partial charge in [0.1, 0.15) is 0 Å². The van der Waals surface area contributed by atoms with Gasteiger partial charge < -0.3 is 4.90 Å². The summed E-state index contributed by atoms with van der Waals surface area (Å²) in [7, 11) is 1.61. The summed E-state index contributed by atoms with van der Waals surface area (Å²) in [6, 6.07) is 1.49. The topological polar surface area (TPSA) is 23.6 Å². The van der Waals surface area contributed by atoms with Crippen molar-refractivity contribution in [2.75, 3.05) is 20.1 Å². The molecule has 176 valence electrons. The van der Waals surface area contributed by atoms with E-state index < -0.39 is 35.8 Å². The van der Waals surface area contributed by atoms with Crippen LogP contribution in [0.4, 0.5) is 26.3 Å². The smallest absolute Gasteiger partial charge is 0.341 e. The van der Waals surface area contributed by atoms with Gasteiger partial charge in [-0.05, 0) is 62.5 Å². The second-order valence-corrected chi connectivity index (χ2v) is 8.26. The fourth-order valence-corrected chi connectivity index (χ4v) is 4.65. The number of carbonyl (C=O) groups is 1. The lowest BCUT2D eigenvalue weighted by molar-refractivity contribution is -0.143. The molecule has 1 saturated carbocycles. The number of alkyl halides is 6. The van der Waals surface area contributed by atoms with Gasteiger partial charge in [0, 0.05) is 19.1 Å². The van der Waals surface area contributed by atoms with Crippen LogP contribution in [0.5, 0.6) is 0 Å². The molecule has 0 N–H and O–H groups in total. The molecule has 31 heavy (non-hydrogen) atoms. The molecule has 3 nitrogen and oxygen atoms in total. The highest BCUT2D eigenvalue weighted by Crippen LogP contribution is 2.37. The summed E-state index contributed by atoms with van der Waals surface area (Å²) in [5.41, 5.74) is -3.06. The maximum absolute atomic E-state index is 13.1. The van der Waals surface area contributed by atoms with Gasteiger partial charge in [-0.1, -0.05) is 12.8 Å². The zero-order valence-electron chi connectivity index (χ0n) is 17.2. The van der Waals surface area contributed by atoms with Crippen molar-refractivity contribution < 1.29 is 31.1 Å². The molecule has 0 spiro atoms. The Kier molecular flexibility index (Phi) is 8.30. The third-order valence-electron chi connectivity index (χ3n) is 6.20. The molecule has 1 saturated heterocycles. The van der Waals surface area contributed by atoms with E-state index in [2.05, 4.69) is 4.90 Å². The number of likely N-dealkylation sites (tertiary alicyclic amines) is 1. The number of benzene rings is 1. The lowest BCUT2D eigenvalue weighted by atomic mass is 9.88. The van der Waals surface area contributed by atoms with E-state index in [1.54, 1.807) is 7.05 Å². The average Bonchev–Trinajstić information content (AvgIpc) is 3.20. The van der Waals surface area contributed by atoms with E-state index in [4.69, 9.17) is 0 Å². The molecule has 2 fully saturated rings. The number of hydrogen-bond acceptors (Lipinski definition) is 2. The zero-order valence-corrected chi connectivity index (χ0v) is 18.0. The van der Waals surface area contributed by atoms with Crippen LogP contribution in [-0.2, 0) is 23.6 Å². The molecule has 1 aliphatic heterocycles. The Hall–Kier alpha value is -1.48. The molecular formula is C21H27ClF6N2O. The van der Waals surface area contributed by atoms with Gasteiger partial charge in [0.2, 0.25) is 5.91 Å². The minimum absolute atomic E-state index is 0. The number of carbonyl (C=O) groups excluding carboxylic acids is 1. The van der Waals surface area contributed by atoms with Gasteiger partial charge in [0.05, 0.1) is 17.5 Å². The first-order valence-corrected chi connectivity index (χ1v) is 10.2. The molecule has 1 aromatic rings. The van der Waals surface area contributed by atoms with Crippen molar-refractivity contribution in [2.45, 2.75) is 69.4 Å². The van der Waals surface area contributed by atoms with Crippen LogP contribution in [0, 0.1) is 0 Å². The first kappa shape index (κ1) is 25.8. The molecule has 1 heterocycles. The number of halogens is 7. The van der Waals surface area contributed by atoms with E-state index in [1.165, 1.54) is 4.90 Å². The number of amides is 1. The van der Waals surface area contributed by atoms with Crippen LogP contribution in [0.15, 0.2) is 18.2 Å². The van der Waals surface area contributed by atoms with E-state index in [-0.39, 0.29) is 36.1 Å². The minimum atomic E-state index is -4.92. The SMILES string of the molecule is CN(C(=O)Cc1cc(C(F)(F)F)cc(C(F)(F)F)c1)C1CCCCC1N1CCCC1.Cl. The van der Waals surface area contributed by atoms with Crippen molar-refractivity contribution in [2.24, 2.45) is 0 Å². The summed E-state index contributed by atoms with van der Waals surface area (Å²) < 4.78 is 78.5. The Morgan fingerprint density at radius 3 is 1.97 bits per heavy atom. The average molecular weight is 473 g/mol. The van der Waals surface area contributed by atoms with Gasteiger partial charge in [0.25, 0.3) is 0 Å². The summed E-state index contributed by atoms with van der Waals surface area (Å²) in [4.78, 5) is 16.7. The number of nitrogens with zero attached hydrogens (tertiary/aromatic N) is 2. The van der Waals surface area contributed by atoms with Crippen molar-refractivity contribution in [1.29, 1.82) is 0 Å². The normalized spacial score (nSPS) is 22.8. The third-order valence-corrected chi connectivity index (χ3v) is 6.20. The molecule has 0 aromatic heterocycles. The first-order valence-electron chi connectivity index (χ1n) is 10.2. The maximum atomic E-state index is 13.1. The Morgan fingerprint density at radius 1 is 0.935 bits per heavy atom. The van der Waals surface area contributed by atoms with Crippen molar-refractivity contribution >= 4 is 18.3 Å². The summed E-state index contributed by atoms with van der Waals surface area (Å²) >= 11 is 0. The predicted molar refractivity (Wildman–Crippen MR) is 107 cm³/mol.